The highest BCUT2D eigenvalue weighted by Crippen LogP contribution is 2.05. The maximum atomic E-state index is 8.72. The van der Waals surface area contributed by atoms with Crippen molar-refractivity contribution in [2.75, 3.05) is 11.5 Å². The number of anilines is 2. The molecule has 0 aliphatic heterocycles. The third kappa shape index (κ3) is 1.86. The van der Waals surface area contributed by atoms with Gasteiger partial charge in [0, 0.05) is 11.4 Å². The SMILES string of the molecule is Nc1cc(N)cc(B(O)O)c1. The summed E-state index contributed by atoms with van der Waals surface area (Å²) in [5, 5.41) is 17.4. The molecular weight excluding hydrogens is 143 g/mol. The lowest BCUT2D eigenvalue weighted by Crippen LogP contribution is -2.30. The van der Waals surface area contributed by atoms with Gasteiger partial charge in [0.25, 0.3) is 0 Å². The normalized spacial score (nSPS) is 9.64. The lowest BCUT2D eigenvalue weighted by atomic mass is 9.80. The summed E-state index contributed by atoms with van der Waals surface area (Å²) in [6.07, 6.45) is 0. The molecule has 0 aliphatic rings. The van der Waals surface area contributed by atoms with E-state index in [1.165, 1.54) is 12.1 Å². The summed E-state index contributed by atoms with van der Waals surface area (Å²) in [7, 11) is -1.51. The quantitative estimate of drug-likeness (QED) is 0.292. The summed E-state index contributed by atoms with van der Waals surface area (Å²) < 4.78 is 0. The van der Waals surface area contributed by atoms with E-state index in [0.29, 0.717) is 16.8 Å². The molecule has 0 aromatic heterocycles. The van der Waals surface area contributed by atoms with Gasteiger partial charge in [-0.05, 0) is 23.7 Å². The number of rotatable bonds is 1. The van der Waals surface area contributed by atoms with Crippen LogP contribution in [0, 0.1) is 0 Å². The summed E-state index contributed by atoms with van der Waals surface area (Å²) in [4.78, 5) is 0. The molecule has 1 rings (SSSR count). The van der Waals surface area contributed by atoms with E-state index in [0.717, 1.165) is 0 Å². The van der Waals surface area contributed by atoms with Gasteiger partial charge < -0.3 is 21.5 Å². The third-order valence-electron chi connectivity index (χ3n) is 1.30. The average molecular weight is 152 g/mol. The van der Waals surface area contributed by atoms with Gasteiger partial charge in [0.05, 0.1) is 0 Å². The predicted molar refractivity (Wildman–Crippen MR) is 45.1 cm³/mol. The first-order chi connectivity index (χ1) is 5.09. The van der Waals surface area contributed by atoms with Crippen LogP contribution in [0.1, 0.15) is 0 Å². The van der Waals surface area contributed by atoms with Crippen molar-refractivity contribution in [1.82, 2.24) is 0 Å². The van der Waals surface area contributed by atoms with Crippen LogP contribution in [0.2, 0.25) is 0 Å². The Balaban J connectivity index is 3.08. The molecule has 0 unspecified atom stereocenters. The molecule has 58 valence electrons. The Morgan fingerprint density at radius 3 is 1.82 bits per heavy atom. The number of benzene rings is 1. The Bertz CT molecular complexity index is 245. The first kappa shape index (κ1) is 7.91. The summed E-state index contributed by atoms with van der Waals surface area (Å²) in [6.45, 7) is 0. The van der Waals surface area contributed by atoms with Crippen LogP contribution < -0.4 is 16.9 Å². The molecule has 0 aliphatic carbocycles. The predicted octanol–water partition coefficient (Wildman–Crippen LogP) is -1.47. The Hall–Kier alpha value is -1.20. The van der Waals surface area contributed by atoms with Gasteiger partial charge in [-0.1, -0.05) is 0 Å². The van der Waals surface area contributed by atoms with E-state index in [1.807, 2.05) is 0 Å². The molecule has 0 heterocycles. The van der Waals surface area contributed by atoms with Gasteiger partial charge in [-0.15, -0.1) is 0 Å². The number of nitrogen functional groups attached to an aromatic ring is 2. The number of hydrogen-bond acceptors (Lipinski definition) is 4. The fourth-order valence-electron chi connectivity index (χ4n) is 0.851. The zero-order chi connectivity index (χ0) is 8.43. The van der Waals surface area contributed by atoms with Crippen LogP contribution in [-0.2, 0) is 0 Å². The van der Waals surface area contributed by atoms with Crippen molar-refractivity contribution in [3.63, 3.8) is 0 Å². The Labute approximate surface area is 64.6 Å². The highest BCUT2D eigenvalue weighted by atomic mass is 16.4. The van der Waals surface area contributed by atoms with E-state index in [1.54, 1.807) is 6.07 Å². The molecule has 1 aromatic rings. The Morgan fingerprint density at radius 1 is 1.00 bits per heavy atom. The fourth-order valence-corrected chi connectivity index (χ4v) is 0.851. The molecular formula is C6H9BN2O2. The van der Waals surface area contributed by atoms with Crippen LogP contribution in [0.4, 0.5) is 11.4 Å². The summed E-state index contributed by atoms with van der Waals surface area (Å²) in [5.74, 6) is 0. The van der Waals surface area contributed by atoms with Crippen molar-refractivity contribution in [2.24, 2.45) is 0 Å². The van der Waals surface area contributed by atoms with Gasteiger partial charge in [-0.3, -0.25) is 0 Å². The van der Waals surface area contributed by atoms with Crippen molar-refractivity contribution in [3.05, 3.63) is 18.2 Å². The second kappa shape index (κ2) is 2.81. The number of nitrogens with two attached hydrogens (primary N) is 2. The van der Waals surface area contributed by atoms with E-state index >= 15 is 0 Å². The zero-order valence-corrected chi connectivity index (χ0v) is 5.86. The van der Waals surface area contributed by atoms with E-state index < -0.39 is 7.12 Å². The monoisotopic (exact) mass is 152 g/mol. The molecule has 0 fully saturated rings. The van der Waals surface area contributed by atoms with Crippen LogP contribution in [-0.4, -0.2) is 17.2 Å². The molecule has 5 heteroatoms. The molecule has 0 radical (unpaired) electrons. The molecule has 0 atom stereocenters. The van der Waals surface area contributed by atoms with E-state index in [4.69, 9.17) is 21.5 Å². The third-order valence-corrected chi connectivity index (χ3v) is 1.30. The highest BCUT2D eigenvalue weighted by molar-refractivity contribution is 6.58. The van der Waals surface area contributed by atoms with Crippen LogP contribution in [0.15, 0.2) is 18.2 Å². The summed E-state index contributed by atoms with van der Waals surface area (Å²) >= 11 is 0. The highest BCUT2D eigenvalue weighted by Gasteiger charge is 2.10. The first-order valence-corrected chi connectivity index (χ1v) is 3.11. The Kier molecular flexibility index (Phi) is 2.02. The second-order valence-corrected chi connectivity index (χ2v) is 2.31. The average Bonchev–Trinajstić information content (AvgIpc) is 1.85. The van der Waals surface area contributed by atoms with Crippen LogP contribution in [0.5, 0.6) is 0 Å². The molecule has 0 spiro atoms. The van der Waals surface area contributed by atoms with E-state index in [9.17, 15) is 0 Å². The fraction of sp³-hybridized carbons (Fsp3) is 0. The van der Waals surface area contributed by atoms with Crippen LogP contribution >= 0.6 is 0 Å². The minimum atomic E-state index is -1.51. The van der Waals surface area contributed by atoms with E-state index in [2.05, 4.69) is 0 Å². The largest absolute Gasteiger partial charge is 0.488 e. The van der Waals surface area contributed by atoms with Gasteiger partial charge in [-0.25, -0.2) is 0 Å². The zero-order valence-electron chi connectivity index (χ0n) is 5.86. The van der Waals surface area contributed by atoms with Gasteiger partial charge in [-0.2, -0.15) is 0 Å². The molecule has 6 N–H and O–H groups in total. The van der Waals surface area contributed by atoms with Gasteiger partial charge in [0.2, 0.25) is 0 Å². The topological polar surface area (TPSA) is 92.5 Å². The standard InChI is InChI=1S/C6H9BN2O2/c8-5-1-4(7(10)11)2-6(9)3-5/h1-3,10-11H,8-9H2. The number of hydrogen-bond donors (Lipinski definition) is 4. The van der Waals surface area contributed by atoms with Crippen molar-refractivity contribution in [1.29, 1.82) is 0 Å². The lowest BCUT2D eigenvalue weighted by molar-refractivity contribution is 0.426. The van der Waals surface area contributed by atoms with Crippen molar-refractivity contribution in [2.45, 2.75) is 0 Å². The maximum Gasteiger partial charge on any atom is 0.488 e. The van der Waals surface area contributed by atoms with Crippen molar-refractivity contribution >= 4 is 24.0 Å². The van der Waals surface area contributed by atoms with Gasteiger partial charge >= 0.3 is 7.12 Å². The molecule has 0 saturated heterocycles. The van der Waals surface area contributed by atoms with Crippen LogP contribution in [0.25, 0.3) is 0 Å². The first-order valence-electron chi connectivity index (χ1n) is 3.11. The molecule has 4 nitrogen and oxygen atoms in total. The Morgan fingerprint density at radius 2 is 1.45 bits per heavy atom. The summed E-state index contributed by atoms with van der Waals surface area (Å²) in [5.41, 5.74) is 11.9. The maximum absolute atomic E-state index is 8.72. The molecule has 0 saturated carbocycles. The second-order valence-electron chi connectivity index (χ2n) is 2.31. The minimum Gasteiger partial charge on any atom is -0.423 e. The van der Waals surface area contributed by atoms with E-state index in [-0.39, 0.29) is 0 Å². The van der Waals surface area contributed by atoms with Crippen molar-refractivity contribution < 1.29 is 10.0 Å². The van der Waals surface area contributed by atoms with Gasteiger partial charge in [0.1, 0.15) is 0 Å². The van der Waals surface area contributed by atoms with Gasteiger partial charge in [0.15, 0.2) is 0 Å². The summed E-state index contributed by atoms with van der Waals surface area (Å²) in [6, 6.07) is 4.47. The van der Waals surface area contributed by atoms with Crippen LogP contribution in [0.3, 0.4) is 0 Å². The van der Waals surface area contributed by atoms with Crippen molar-refractivity contribution in [3.8, 4) is 0 Å². The smallest absolute Gasteiger partial charge is 0.423 e. The molecule has 1 aromatic carbocycles. The minimum absolute atomic E-state index is 0.308. The molecule has 0 bridgehead atoms. The lowest BCUT2D eigenvalue weighted by Gasteiger charge is -2.02. The molecule has 0 amide bonds. The molecule has 11 heavy (non-hydrogen) atoms.